The number of hydrogen-bond acceptors (Lipinski definition) is 4. The molecule has 2 aromatic rings. The van der Waals surface area contributed by atoms with Crippen molar-refractivity contribution in [3.05, 3.63) is 71.8 Å². The Balaban J connectivity index is 2.07. The summed E-state index contributed by atoms with van der Waals surface area (Å²) in [6.07, 6.45) is 0. The highest BCUT2D eigenvalue weighted by Gasteiger charge is 2.23. The van der Waals surface area contributed by atoms with E-state index in [1.54, 1.807) is 36.4 Å². The Morgan fingerprint density at radius 3 is 2.10 bits per heavy atom. The van der Waals surface area contributed by atoms with Gasteiger partial charge in [-0.1, -0.05) is 48.5 Å². The van der Waals surface area contributed by atoms with Crippen LogP contribution in [0.15, 0.2) is 60.7 Å². The summed E-state index contributed by atoms with van der Waals surface area (Å²) in [5.74, 6) is -1.51. The van der Waals surface area contributed by atoms with Gasteiger partial charge in [-0.15, -0.1) is 0 Å². The fraction of sp³-hybridized carbons (Fsp3) is 0.176. The summed E-state index contributed by atoms with van der Waals surface area (Å²) in [6, 6.07) is 17.8. The SMILES string of the molecule is COC(=O)[C@H](COC(=O)c1ccccc1)c1ccccc1. The molecule has 0 N–H and O–H groups in total. The quantitative estimate of drug-likeness (QED) is 0.792. The molecular weight excluding hydrogens is 268 g/mol. The smallest absolute Gasteiger partial charge is 0.338 e. The summed E-state index contributed by atoms with van der Waals surface area (Å²) < 4.78 is 10.0. The van der Waals surface area contributed by atoms with Crippen LogP contribution in [0.4, 0.5) is 0 Å². The molecule has 0 saturated carbocycles. The summed E-state index contributed by atoms with van der Waals surface area (Å²) in [5.41, 5.74) is 1.21. The number of hydrogen-bond donors (Lipinski definition) is 0. The molecule has 0 saturated heterocycles. The summed E-state index contributed by atoms with van der Waals surface area (Å²) in [5, 5.41) is 0. The van der Waals surface area contributed by atoms with Crippen LogP contribution in [0.3, 0.4) is 0 Å². The van der Waals surface area contributed by atoms with E-state index in [0.717, 1.165) is 5.56 Å². The van der Waals surface area contributed by atoms with Gasteiger partial charge in [-0.25, -0.2) is 4.79 Å². The number of ether oxygens (including phenoxy) is 2. The average Bonchev–Trinajstić information content (AvgIpc) is 2.56. The number of carbonyl (C=O) groups is 2. The van der Waals surface area contributed by atoms with E-state index >= 15 is 0 Å². The van der Waals surface area contributed by atoms with Gasteiger partial charge in [0.1, 0.15) is 12.5 Å². The van der Waals surface area contributed by atoms with Gasteiger partial charge in [0.25, 0.3) is 0 Å². The van der Waals surface area contributed by atoms with Gasteiger partial charge in [0, 0.05) is 0 Å². The molecule has 0 heterocycles. The highest BCUT2D eigenvalue weighted by Crippen LogP contribution is 2.18. The third-order valence-corrected chi connectivity index (χ3v) is 3.08. The molecule has 2 aromatic carbocycles. The lowest BCUT2D eigenvalue weighted by Crippen LogP contribution is -2.21. The zero-order valence-electron chi connectivity index (χ0n) is 11.7. The average molecular weight is 284 g/mol. The van der Waals surface area contributed by atoms with E-state index in [0.29, 0.717) is 5.56 Å². The molecule has 0 bridgehead atoms. The van der Waals surface area contributed by atoms with Gasteiger partial charge in [-0.05, 0) is 17.7 Å². The Bertz CT molecular complexity index is 593. The second kappa shape index (κ2) is 7.24. The second-order valence-corrected chi connectivity index (χ2v) is 4.45. The fourth-order valence-electron chi connectivity index (χ4n) is 1.94. The largest absolute Gasteiger partial charge is 0.468 e. The monoisotopic (exact) mass is 284 g/mol. The number of benzene rings is 2. The molecule has 0 radical (unpaired) electrons. The van der Waals surface area contributed by atoms with Crippen molar-refractivity contribution in [2.24, 2.45) is 0 Å². The first-order valence-corrected chi connectivity index (χ1v) is 6.57. The first kappa shape index (κ1) is 14.8. The zero-order chi connectivity index (χ0) is 15.1. The maximum absolute atomic E-state index is 11.9. The van der Waals surface area contributed by atoms with Crippen LogP contribution in [0.2, 0.25) is 0 Å². The molecule has 0 unspecified atom stereocenters. The van der Waals surface area contributed by atoms with Crippen LogP contribution < -0.4 is 0 Å². The Morgan fingerprint density at radius 1 is 0.952 bits per heavy atom. The number of carbonyl (C=O) groups excluding carboxylic acids is 2. The van der Waals surface area contributed by atoms with E-state index in [4.69, 9.17) is 9.47 Å². The predicted molar refractivity (Wildman–Crippen MR) is 77.9 cm³/mol. The molecule has 0 amide bonds. The van der Waals surface area contributed by atoms with Gasteiger partial charge >= 0.3 is 11.9 Å². The van der Waals surface area contributed by atoms with Crippen LogP contribution in [0, 0.1) is 0 Å². The molecule has 1 atom stereocenters. The molecule has 0 aromatic heterocycles. The number of rotatable bonds is 5. The van der Waals surface area contributed by atoms with E-state index < -0.39 is 17.9 Å². The minimum absolute atomic E-state index is 0.0512. The third kappa shape index (κ3) is 3.92. The molecule has 0 aliphatic heterocycles. The third-order valence-electron chi connectivity index (χ3n) is 3.08. The van der Waals surface area contributed by atoms with Gasteiger partial charge in [0.05, 0.1) is 12.7 Å². The van der Waals surface area contributed by atoms with Crippen molar-refractivity contribution in [1.29, 1.82) is 0 Å². The van der Waals surface area contributed by atoms with Crippen molar-refractivity contribution < 1.29 is 19.1 Å². The maximum atomic E-state index is 11.9. The van der Waals surface area contributed by atoms with Crippen LogP contribution in [0.25, 0.3) is 0 Å². The van der Waals surface area contributed by atoms with Gasteiger partial charge < -0.3 is 9.47 Å². The van der Waals surface area contributed by atoms with Gasteiger partial charge in [0.15, 0.2) is 0 Å². The van der Waals surface area contributed by atoms with E-state index in [-0.39, 0.29) is 6.61 Å². The molecule has 4 nitrogen and oxygen atoms in total. The van der Waals surface area contributed by atoms with Crippen molar-refractivity contribution in [1.82, 2.24) is 0 Å². The molecule has 0 aliphatic rings. The van der Waals surface area contributed by atoms with Gasteiger partial charge in [-0.3, -0.25) is 4.79 Å². The van der Waals surface area contributed by atoms with Crippen LogP contribution >= 0.6 is 0 Å². The number of esters is 2. The van der Waals surface area contributed by atoms with Crippen molar-refractivity contribution in [3.63, 3.8) is 0 Å². The zero-order valence-corrected chi connectivity index (χ0v) is 11.7. The molecular formula is C17H16O4. The van der Waals surface area contributed by atoms with Gasteiger partial charge in [0.2, 0.25) is 0 Å². The topological polar surface area (TPSA) is 52.6 Å². The van der Waals surface area contributed by atoms with E-state index in [2.05, 4.69) is 0 Å². The second-order valence-electron chi connectivity index (χ2n) is 4.45. The van der Waals surface area contributed by atoms with Crippen LogP contribution in [0.5, 0.6) is 0 Å². The lowest BCUT2D eigenvalue weighted by molar-refractivity contribution is -0.143. The molecule has 0 aliphatic carbocycles. The molecule has 21 heavy (non-hydrogen) atoms. The van der Waals surface area contributed by atoms with E-state index in [1.165, 1.54) is 7.11 Å². The van der Waals surface area contributed by atoms with Crippen molar-refractivity contribution in [2.45, 2.75) is 5.92 Å². The Kier molecular flexibility index (Phi) is 5.10. The summed E-state index contributed by atoms with van der Waals surface area (Å²) >= 11 is 0. The molecule has 2 rings (SSSR count). The van der Waals surface area contributed by atoms with Crippen molar-refractivity contribution in [3.8, 4) is 0 Å². The fourth-order valence-corrected chi connectivity index (χ4v) is 1.94. The highest BCUT2D eigenvalue weighted by atomic mass is 16.5. The molecule has 108 valence electrons. The van der Waals surface area contributed by atoms with Gasteiger partial charge in [-0.2, -0.15) is 0 Å². The Morgan fingerprint density at radius 2 is 1.52 bits per heavy atom. The van der Waals surface area contributed by atoms with E-state index in [9.17, 15) is 9.59 Å². The van der Waals surface area contributed by atoms with Crippen molar-refractivity contribution >= 4 is 11.9 Å². The summed E-state index contributed by atoms with van der Waals surface area (Å²) in [7, 11) is 1.32. The highest BCUT2D eigenvalue weighted by molar-refractivity contribution is 5.89. The summed E-state index contributed by atoms with van der Waals surface area (Å²) in [4.78, 5) is 23.8. The standard InChI is InChI=1S/C17H16O4/c1-20-17(19)15(13-8-4-2-5-9-13)12-21-16(18)14-10-6-3-7-11-14/h2-11,15H,12H2,1H3/t15-/m1/s1. The minimum atomic E-state index is -0.621. The molecule has 0 spiro atoms. The van der Waals surface area contributed by atoms with Crippen LogP contribution in [0.1, 0.15) is 21.8 Å². The van der Waals surface area contributed by atoms with Crippen LogP contribution in [-0.4, -0.2) is 25.7 Å². The first-order valence-electron chi connectivity index (χ1n) is 6.57. The Hall–Kier alpha value is -2.62. The number of methoxy groups -OCH3 is 1. The van der Waals surface area contributed by atoms with Crippen molar-refractivity contribution in [2.75, 3.05) is 13.7 Å². The lowest BCUT2D eigenvalue weighted by atomic mass is 10.0. The Labute approximate surface area is 123 Å². The van der Waals surface area contributed by atoms with Crippen LogP contribution in [-0.2, 0) is 14.3 Å². The lowest BCUT2D eigenvalue weighted by Gasteiger charge is -2.15. The minimum Gasteiger partial charge on any atom is -0.468 e. The predicted octanol–water partition coefficient (Wildman–Crippen LogP) is 2.80. The molecule has 4 heteroatoms. The maximum Gasteiger partial charge on any atom is 0.338 e. The summed E-state index contributed by atoms with van der Waals surface area (Å²) in [6.45, 7) is -0.0512. The normalized spacial score (nSPS) is 11.5. The first-order chi connectivity index (χ1) is 10.2. The van der Waals surface area contributed by atoms with E-state index in [1.807, 2.05) is 24.3 Å². The molecule has 0 fully saturated rings.